The highest BCUT2D eigenvalue weighted by molar-refractivity contribution is 5.99. The van der Waals surface area contributed by atoms with Gasteiger partial charge >= 0.3 is 6.09 Å². The van der Waals surface area contributed by atoms with Crippen molar-refractivity contribution in [3.8, 4) is 5.75 Å². The van der Waals surface area contributed by atoms with Crippen LogP contribution in [0.25, 0.3) is 0 Å². The smallest absolute Gasteiger partial charge is 0.408 e. The third kappa shape index (κ3) is 8.97. The van der Waals surface area contributed by atoms with Gasteiger partial charge in [0.05, 0.1) is 0 Å². The van der Waals surface area contributed by atoms with Crippen molar-refractivity contribution in [3.63, 3.8) is 0 Å². The molecule has 200 valence electrons. The second-order valence-corrected chi connectivity index (χ2v) is 10.4. The predicted octanol–water partition coefficient (Wildman–Crippen LogP) is 5.33. The van der Waals surface area contributed by atoms with Gasteiger partial charge in [-0.3, -0.25) is 9.59 Å². The van der Waals surface area contributed by atoms with Crippen LogP contribution in [0.15, 0.2) is 61.2 Å². The van der Waals surface area contributed by atoms with E-state index in [0.717, 1.165) is 5.56 Å². The lowest BCUT2D eigenvalue weighted by Gasteiger charge is -2.34. The average Bonchev–Trinajstić information content (AvgIpc) is 2.79. The average molecular weight is 510 g/mol. The number of aromatic hydroxyl groups is 1. The van der Waals surface area contributed by atoms with Crippen LogP contribution in [-0.2, 0) is 14.3 Å². The molecule has 0 spiro atoms. The van der Waals surface area contributed by atoms with Crippen molar-refractivity contribution in [3.05, 3.63) is 72.3 Å². The van der Waals surface area contributed by atoms with Crippen LogP contribution in [0.3, 0.4) is 0 Å². The Kier molecular flexibility index (Phi) is 10.3. The van der Waals surface area contributed by atoms with Crippen molar-refractivity contribution >= 4 is 23.6 Å². The van der Waals surface area contributed by atoms with Crippen molar-refractivity contribution in [2.24, 2.45) is 5.92 Å². The Labute approximate surface area is 219 Å². The first-order valence-corrected chi connectivity index (χ1v) is 12.4. The summed E-state index contributed by atoms with van der Waals surface area (Å²) < 4.78 is 5.39. The second kappa shape index (κ2) is 12.9. The number of ether oxygens (including phenoxy) is 1. The van der Waals surface area contributed by atoms with Crippen LogP contribution in [0, 0.1) is 12.8 Å². The monoisotopic (exact) mass is 509 g/mol. The Bertz CT molecular complexity index is 1090. The summed E-state index contributed by atoms with van der Waals surface area (Å²) in [6, 6.07) is 11.5. The van der Waals surface area contributed by atoms with Gasteiger partial charge in [0, 0.05) is 12.2 Å². The number of alkyl carbamates (subject to hydrolysis) is 1. The Hall–Kier alpha value is -3.81. The van der Waals surface area contributed by atoms with E-state index in [2.05, 4.69) is 17.2 Å². The molecule has 0 fully saturated rings. The number of phenols is 1. The van der Waals surface area contributed by atoms with Crippen molar-refractivity contribution in [2.45, 2.75) is 65.6 Å². The zero-order chi connectivity index (χ0) is 27.8. The number of hydrogen-bond donors (Lipinski definition) is 3. The molecule has 3 amide bonds. The number of carbonyl (C=O) groups excluding carboxylic acids is 3. The van der Waals surface area contributed by atoms with Crippen LogP contribution in [0.1, 0.15) is 58.2 Å². The third-order valence-electron chi connectivity index (χ3n) is 5.48. The number of amides is 3. The zero-order valence-electron chi connectivity index (χ0n) is 22.6. The molecule has 0 aliphatic carbocycles. The summed E-state index contributed by atoms with van der Waals surface area (Å²) in [6.07, 6.45) is 1.16. The molecule has 0 saturated carbocycles. The molecule has 3 N–H and O–H groups in total. The van der Waals surface area contributed by atoms with Crippen LogP contribution in [0.2, 0.25) is 0 Å². The van der Waals surface area contributed by atoms with Gasteiger partial charge < -0.3 is 25.4 Å². The van der Waals surface area contributed by atoms with Gasteiger partial charge in [0.2, 0.25) is 5.91 Å². The maximum absolute atomic E-state index is 14.0. The minimum atomic E-state index is -1.05. The highest BCUT2D eigenvalue weighted by Crippen LogP contribution is 2.27. The Morgan fingerprint density at radius 3 is 2.24 bits per heavy atom. The van der Waals surface area contributed by atoms with Crippen LogP contribution < -0.4 is 10.6 Å². The molecule has 0 radical (unpaired) electrons. The minimum Gasteiger partial charge on any atom is -0.508 e. The fraction of sp³-hybridized carbons (Fsp3) is 0.414. The second-order valence-electron chi connectivity index (χ2n) is 10.4. The number of nitrogens with zero attached hydrogens (tertiary/aromatic N) is 1. The molecule has 0 aromatic heterocycles. The molecule has 2 aromatic carbocycles. The van der Waals surface area contributed by atoms with E-state index in [0.29, 0.717) is 17.7 Å². The molecule has 0 saturated heterocycles. The predicted molar refractivity (Wildman–Crippen MR) is 145 cm³/mol. The summed E-state index contributed by atoms with van der Waals surface area (Å²) >= 11 is 0. The van der Waals surface area contributed by atoms with Gasteiger partial charge in [-0.2, -0.15) is 0 Å². The fourth-order valence-electron chi connectivity index (χ4n) is 3.85. The molecular formula is C29H39N3O5. The number of para-hydroxylation sites is 1. The number of anilines is 1. The standard InChI is InChI=1S/C29H39N3O5/c1-8-17-32(27(35)24(18-19(2)3)31-28(36)37-29(5,6)7)25(21-13-15-22(33)16-14-21)26(34)30-23-12-10-9-11-20(23)4/h8-16,19,24-25,33H,1,17-18H2,2-7H3,(H,30,34)(H,31,36). The first-order chi connectivity index (χ1) is 17.3. The molecule has 0 heterocycles. The minimum absolute atomic E-state index is 0.0349. The van der Waals surface area contributed by atoms with Crippen LogP contribution in [-0.4, -0.2) is 46.1 Å². The quantitative estimate of drug-likeness (QED) is 0.375. The van der Waals surface area contributed by atoms with Crippen LogP contribution in [0.4, 0.5) is 10.5 Å². The Balaban J connectivity index is 2.50. The Morgan fingerprint density at radius 2 is 1.70 bits per heavy atom. The van der Waals surface area contributed by atoms with Gasteiger partial charge in [0.25, 0.3) is 5.91 Å². The first kappa shape index (κ1) is 29.4. The molecule has 2 atom stereocenters. The molecular weight excluding hydrogens is 470 g/mol. The van der Waals surface area contributed by atoms with E-state index in [9.17, 15) is 19.5 Å². The van der Waals surface area contributed by atoms with E-state index in [-0.39, 0.29) is 18.2 Å². The van der Waals surface area contributed by atoms with E-state index in [1.807, 2.05) is 39.0 Å². The van der Waals surface area contributed by atoms with Gasteiger partial charge in [0.15, 0.2) is 0 Å². The summed E-state index contributed by atoms with van der Waals surface area (Å²) in [7, 11) is 0. The summed E-state index contributed by atoms with van der Waals surface area (Å²) in [5.41, 5.74) is 1.25. The number of nitrogens with one attached hydrogen (secondary N) is 2. The van der Waals surface area contributed by atoms with Gasteiger partial charge in [0.1, 0.15) is 23.4 Å². The number of phenolic OH excluding ortho intramolecular Hbond substituents is 1. The highest BCUT2D eigenvalue weighted by atomic mass is 16.6. The lowest BCUT2D eigenvalue weighted by molar-refractivity contribution is -0.140. The lowest BCUT2D eigenvalue weighted by atomic mass is 9.99. The lowest BCUT2D eigenvalue weighted by Crippen LogP contribution is -2.52. The van der Waals surface area contributed by atoms with Crippen molar-refractivity contribution in [1.82, 2.24) is 10.2 Å². The largest absolute Gasteiger partial charge is 0.508 e. The number of aryl methyl sites for hydroxylation is 1. The third-order valence-corrected chi connectivity index (χ3v) is 5.48. The van der Waals surface area contributed by atoms with Crippen molar-refractivity contribution in [1.29, 1.82) is 0 Å². The van der Waals surface area contributed by atoms with Crippen LogP contribution in [0.5, 0.6) is 5.75 Å². The van der Waals surface area contributed by atoms with E-state index < -0.39 is 35.6 Å². The normalized spacial score (nSPS) is 12.8. The molecule has 8 nitrogen and oxygen atoms in total. The van der Waals surface area contributed by atoms with E-state index in [4.69, 9.17) is 4.74 Å². The van der Waals surface area contributed by atoms with Gasteiger partial charge in [-0.1, -0.05) is 50.3 Å². The summed E-state index contributed by atoms with van der Waals surface area (Å²) in [6.45, 7) is 14.8. The van der Waals surface area contributed by atoms with Crippen molar-refractivity contribution < 1.29 is 24.2 Å². The van der Waals surface area contributed by atoms with Crippen LogP contribution >= 0.6 is 0 Å². The molecule has 0 bridgehead atoms. The number of benzene rings is 2. The van der Waals surface area contributed by atoms with E-state index >= 15 is 0 Å². The maximum atomic E-state index is 14.0. The molecule has 37 heavy (non-hydrogen) atoms. The van der Waals surface area contributed by atoms with E-state index in [1.165, 1.54) is 23.1 Å². The number of hydrogen-bond acceptors (Lipinski definition) is 5. The summed E-state index contributed by atoms with van der Waals surface area (Å²) in [5.74, 6) is -0.775. The summed E-state index contributed by atoms with van der Waals surface area (Å²) in [5, 5.41) is 15.4. The molecule has 2 unspecified atom stereocenters. The van der Waals surface area contributed by atoms with Gasteiger partial charge in [-0.15, -0.1) is 6.58 Å². The summed E-state index contributed by atoms with van der Waals surface area (Å²) in [4.78, 5) is 41.6. The molecule has 8 heteroatoms. The maximum Gasteiger partial charge on any atom is 0.408 e. The first-order valence-electron chi connectivity index (χ1n) is 12.4. The highest BCUT2D eigenvalue weighted by Gasteiger charge is 2.36. The molecule has 0 aliphatic rings. The van der Waals surface area contributed by atoms with Crippen molar-refractivity contribution in [2.75, 3.05) is 11.9 Å². The van der Waals surface area contributed by atoms with Gasteiger partial charge in [-0.05, 0) is 69.4 Å². The fourth-order valence-corrected chi connectivity index (χ4v) is 3.85. The Morgan fingerprint density at radius 1 is 1.08 bits per heavy atom. The molecule has 2 rings (SSSR count). The van der Waals surface area contributed by atoms with E-state index in [1.54, 1.807) is 39.0 Å². The SMILES string of the molecule is C=CCN(C(=O)C(CC(C)C)NC(=O)OC(C)(C)C)C(C(=O)Nc1ccccc1C)c1ccc(O)cc1. The zero-order valence-corrected chi connectivity index (χ0v) is 22.6. The molecule has 2 aromatic rings. The topological polar surface area (TPSA) is 108 Å². The van der Waals surface area contributed by atoms with Gasteiger partial charge in [-0.25, -0.2) is 4.79 Å². The number of rotatable bonds is 10. The molecule has 0 aliphatic heterocycles. The number of carbonyl (C=O) groups is 3.